The largest absolute Gasteiger partial charge is 0.507 e. The van der Waals surface area contributed by atoms with Crippen molar-refractivity contribution >= 4 is 46.5 Å². The van der Waals surface area contributed by atoms with Crippen molar-refractivity contribution in [1.29, 1.82) is 0 Å². The molecular weight excluding hydrogens is 867 g/mol. The van der Waals surface area contributed by atoms with E-state index in [1.165, 1.54) is 4.90 Å². The van der Waals surface area contributed by atoms with Gasteiger partial charge in [0.1, 0.15) is 17.8 Å². The quantitative estimate of drug-likeness (QED) is 0.0985. The first-order valence-corrected chi connectivity index (χ1v) is 24.2. The molecule has 17 heteroatoms. The normalized spacial score (nSPS) is 22.6. The third kappa shape index (κ3) is 10.7. The number of nitrogens with zero attached hydrogens (tertiary/aromatic N) is 8. The Labute approximate surface area is 396 Å². The molecule has 3 amide bonds. The number of hydrogen-bond acceptors (Lipinski definition) is 14. The van der Waals surface area contributed by atoms with Crippen molar-refractivity contribution in [3.05, 3.63) is 89.3 Å². The molecule has 2 saturated heterocycles. The van der Waals surface area contributed by atoms with Crippen molar-refractivity contribution in [3.8, 4) is 27.4 Å². The van der Waals surface area contributed by atoms with Crippen molar-refractivity contribution in [2.75, 3.05) is 35.2 Å². The van der Waals surface area contributed by atoms with Crippen LogP contribution in [0.4, 0.5) is 17.5 Å². The zero-order chi connectivity index (χ0) is 47.6. The molecule has 3 aliphatic rings. The Bertz CT molecular complexity index is 2530. The number of aromatic nitrogens is 5. The van der Waals surface area contributed by atoms with E-state index in [-0.39, 0.29) is 61.0 Å². The Morgan fingerprint density at radius 1 is 0.896 bits per heavy atom. The van der Waals surface area contributed by atoms with Crippen LogP contribution in [0.25, 0.3) is 21.7 Å². The van der Waals surface area contributed by atoms with Crippen molar-refractivity contribution in [3.63, 3.8) is 0 Å². The van der Waals surface area contributed by atoms with Gasteiger partial charge in [0.15, 0.2) is 5.82 Å². The summed E-state index contributed by atoms with van der Waals surface area (Å²) >= 11 is 1.58. The molecule has 67 heavy (non-hydrogen) atoms. The predicted octanol–water partition coefficient (Wildman–Crippen LogP) is 5.91. The number of nitrogens with one attached hydrogen (secondary N) is 2. The van der Waals surface area contributed by atoms with Crippen LogP contribution in [0.15, 0.2) is 72.5 Å². The number of aryl methyl sites for hydroxylation is 1. The number of β-amino-alcohol motifs (C(OH)–C–C–N with tert-alkyl or cyclic N) is 1. The lowest BCUT2D eigenvalue weighted by atomic mass is 9.78. The third-order valence-corrected chi connectivity index (χ3v) is 14.6. The highest BCUT2D eigenvalue weighted by Gasteiger charge is 2.45. The van der Waals surface area contributed by atoms with E-state index in [0.29, 0.717) is 54.9 Å². The maximum absolute atomic E-state index is 14.3. The number of aromatic hydroxyl groups is 1. The van der Waals surface area contributed by atoms with Gasteiger partial charge in [-0.1, -0.05) is 57.2 Å². The fourth-order valence-electron chi connectivity index (χ4n) is 9.97. The van der Waals surface area contributed by atoms with Crippen LogP contribution in [0.3, 0.4) is 0 Å². The smallest absolute Gasteiger partial charge is 0.246 e. The number of benzene rings is 2. The van der Waals surface area contributed by atoms with Crippen molar-refractivity contribution in [1.82, 2.24) is 40.7 Å². The Kier molecular flexibility index (Phi) is 14.1. The van der Waals surface area contributed by atoms with Gasteiger partial charge in [-0.2, -0.15) is 0 Å². The van der Waals surface area contributed by atoms with E-state index < -0.39 is 23.6 Å². The molecule has 16 nitrogen and oxygen atoms in total. The van der Waals surface area contributed by atoms with Crippen LogP contribution in [0, 0.1) is 24.2 Å². The topological polar surface area (TPSA) is 216 Å². The lowest BCUT2D eigenvalue weighted by molar-refractivity contribution is -0.144. The van der Waals surface area contributed by atoms with Crippen LogP contribution < -0.4 is 26.2 Å². The van der Waals surface area contributed by atoms with E-state index >= 15 is 0 Å². The van der Waals surface area contributed by atoms with E-state index in [4.69, 9.17) is 15.7 Å². The molecule has 2 aromatic carbocycles. The number of amides is 3. The third-order valence-electron chi connectivity index (χ3n) is 13.6. The molecule has 5 aromatic rings. The summed E-state index contributed by atoms with van der Waals surface area (Å²) in [5.74, 6) is 0.415. The van der Waals surface area contributed by atoms with Gasteiger partial charge in [0.2, 0.25) is 23.7 Å². The number of carbonyl (C=O) groups is 3. The fraction of sp³-hybridized carbons (Fsp3) is 0.480. The first-order chi connectivity index (χ1) is 32.0. The first-order valence-electron chi connectivity index (χ1n) is 23.4. The molecule has 0 bridgehead atoms. The van der Waals surface area contributed by atoms with Crippen LogP contribution in [0.1, 0.15) is 83.5 Å². The second kappa shape index (κ2) is 20.0. The molecule has 5 heterocycles. The van der Waals surface area contributed by atoms with E-state index in [9.17, 15) is 24.6 Å². The summed E-state index contributed by atoms with van der Waals surface area (Å²) in [4.78, 5) is 62.7. The highest BCUT2D eigenvalue weighted by atomic mass is 32.1. The molecule has 2 aliphatic heterocycles. The molecule has 3 aromatic heterocycles. The Morgan fingerprint density at radius 3 is 2.22 bits per heavy atom. The summed E-state index contributed by atoms with van der Waals surface area (Å²) in [6, 6.07) is 15.3. The van der Waals surface area contributed by atoms with Gasteiger partial charge in [0.25, 0.3) is 0 Å². The molecular formula is C50H63N11O5S. The standard InChI is InChI=1S/C50H63N11O5S/c1-29-25-59(40-21-39(57-58-45(40)51)38-9-7-8-10-42(38)63)26-30(2)61(29)49-53-23-34(24-54-49)19-32-11-17-36(18-12-32)46(64)56-44(50(4,5)6)48(66)60-27-37(62)20-41(60)47(65)52-22-33-13-15-35(16-14-33)43-31(3)55-28-67-43/h7-10,13-16,21,23-24,28-30,32,36-37,41,44,62-63H,11-12,17-20,22,25-27H2,1-6H3,(H2,51,58)(H,52,65)(H,56,64)/t29?,30?,32-,36-,37-,41+,44-/m1/s1. The zero-order valence-corrected chi connectivity index (χ0v) is 40.0. The molecule has 2 unspecified atom stereocenters. The minimum absolute atomic E-state index is 0.0240. The SMILES string of the molecule is Cc1ncsc1-c1ccc(CNC(=O)[C@@H]2C[C@@H](O)CN2C(=O)[C@@H](NC(=O)[C@H]2CC[C@H](Cc3cnc(N4C(C)CN(c5cc(-c6ccccc6O)nnc5N)CC4C)nc3)CC2)C(C)(C)C)cc1. The van der Waals surface area contributed by atoms with Gasteiger partial charge >= 0.3 is 0 Å². The van der Waals surface area contributed by atoms with Crippen LogP contribution in [-0.4, -0.2) is 108 Å². The number of aliphatic hydroxyl groups is 1. The van der Waals surface area contributed by atoms with Gasteiger partial charge in [0, 0.05) is 68.6 Å². The minimum atomic E-state index is -0.876. The van der Waals surface area contributed by atoms with Gasteiger partial charge in [-0.3, -0.25) is 14.4 Å². The predicted molar refractivity (Wildman–Crippen MR) is 260 cm³/mol. The van der Waals surface area contributed by atoms with Crippen molar-refractivity contribution < 1.29 is 24.6 Å². The maximum Gasteiger partial charge on any atom is 0.246 e. The number of carbonyl (C=O) groups excluding carboxylic acids is 3. The molecule has 0 spiro atoms. The van der Waals surface area contributed by atoms with Crippen LogP contribution in [0.2, 0.25) is 0 Å². The van der Waals surface area contributed by atoms with Crippen LogP contribution >= 0.6 is 11.3 Å². The summed E-state index contributed by atoms with van der Waals surface area (Å²) in [5.41, 5.74) is 13.4. The number of nitrogen functional groups attached to an aromatic ring is 1. The molecule has 0 radical (unpaired) electrons. The van der Waals surface area contributed by atoms with Gasteiger partial charge in [-0.05, 0) is 99.1 Å². The van der Waals surface area contributed by atoms with Gasteiger partial charge in [0.05, 0.1) is 33.6 Å². The number of anilines is 3. The van der Waals surface area contributed by atoms with Gasteiger partial charge in [-0.15, -0.1) is 21.5 Å². The number of piperazine rings is 1. The molecule has 1 aliphatic carbocycles. The average Bonchev–Trinajstić information content (AvgIpc) is 3.93. The van der Waals surface area contributed by atoms with Gasteiger partial charge < -0.3 is 41.3 Å². The second-order valence-electron chi connectivity index (χ2n) is 19.7. The van der Waals surface area contributed by atoms with Crippen LogP contribution in [0.5, 0.6) is 5.75 Å². The summed E-state index contributed by atoms with van der Waals surface area (Å²) in [7, 11) is 0. The molecule has 3 fully saturated rings. The number of thiazole rings is 1. The Morgan fingerprint density at radius 2 is 1.58 bits per heavy atom. The average molecular weight is 930 g/mol. The van der Waals surface area contributed by atoms with Crippen molar-refractivity contribution in [2.24, 2.45) is 17.3 Å². The summed E-state index contributed by atoms with van der Waals surface area (Å²) in [6.45, 7) is 13.6. The van der Waals surface area contributed by atoms with E-state index in [1.807, 2.05) is 82.0 Å². The molecule has 354 valence electrons. The maximum atomic E-state index is 14.3. The van der Waals surface area contributed by atoms with E-state index in [0.717, 1.165) is 52.2 Å². The number of rotatable bonds is 12. The van der Waals surface area contributed by atoms with Crippen molar-refractivity contribution in [2.45, 2.75) is 117 Å². The zero-order valence-electron chi connectivity index (χ0n) is 39.2. The molecule has 1 saturated carbocycles. The minimum Gasteiger partial charge on any atom is -0.507 e. The Hall–Kier alpha value is -6.20. The van der Waals surface area contributed by atoms with Gasteiger partial charge in [-0.25, -0.2) is 15.0 Å². The molecule has 8 rings (SSSR count). The number of hydrogen-bond donors (Lipinski definition) is 5. The summed E-state index contributed by atoms with van der Waals surface area (Å²) in [6.07, 6.45) is 7.04. The molecule has 5 atom stereocenters. The number of likely N-dealkylation sites (tertiary alicyclic amines) is 1. The number of nitrogens with two attached hydrogens (primary N) is 1. The Balaban J connectivity index is 0.823. The fourth-order valence-corrected chi connectivity index (χ4v) is 10.8. The number of para-hydroxylation sites is 1. The summed E-state index contributed by atoms with van der Waals surface area (Å²) < 4.78 is 0. The molecule has 6 N–H and O–H groups in total. The lowest BCUT2D eigenvalue weighted by Gasteiger charge is -2.45. The first kappa shape index (κ1) is 47.3. The number of phenols is 1. The number of aliphatic hydroxyl groups excluding tert-OH is 1. The second-order valence-corrected chi connectivity index (χ2v) is 20.6. The number of phenolic OH excluding ortho intramolecular Hbond substituents is 1. The monoisotopic (exact) mass is 929 g/mol. The summed E-state index contributed by atoms with van der Waals surface area (Å²) in [5, 5.41) is 35.7. The van der Waals surface area contributed by atoms with E-state index in [1.54, 1.807) is 29.5 Å². The lowest BCUT2D eigenvalue weighted by Crippen LogP contribution is -2.58. The van der Waals surface area contributed by atoms with E-state index in [2.05, 4.69) is 49.5 Å². The van der Waals surface area contributed by atoms with Crippen LogP contribution in [-0.2, 0) is 27.3 Å². The highest BCUT2D eigenvalue weighted by Crippen LogP contribution is 2.36. The highest BCUT2D eigenvalue weighted by molar-refractivity contribution is 7.13.